The molecule has 0 spiro atoms. The Morgan fingerprint density at radius 3 is 2.66 bits per heavy atom. The molecule has 29 heavy (non-hydrogen) atoms. The van der Waals surface area contributed by atoms with E-state index >= 15 is 0 Å². The molecule has 0 bridgehead atoms. The highest BCUT2D eigenvalue weighted by atomic mass is 35.5. The van der Waals surface area contributed by atoms with E-state index in [0.717, 1.165) is 41.2 Å². The molecule has 0 aliphatic rings. The van der Waals surface area contributed by atoms with Crippen LogP contribution in [0.5, 0.6) is 0 Å². The Bertz CT molecular complexity index is 1140. The second-order valence-corrected chi connectivity index (χ2v) is 7.01. The van der Waals surface area contributed by atoms with Crippen LogP contribution in [0.3, 0.4) is 0 Å². The zero-order valence-corrected chi connectivity index (χ0v) is 17.6. The molecule has 0 aliphatic heterocycles. The Labute approximate surface area is 179 Å². The predicted octanol–water partition coefficient (Wildman–Crippen LogP) is 6.01. The van der Waals surface area contributed by atoms with Crippen LogP contribution in [-0.4, -0.2) is 19.4 Å². The van der Waals surface area contributed by atoms with E-state index in [1.807, 2.05) is 25.1 Å². The van der Waals surface area contributed by atoms with Crippen LogP contribution in [0.1, 0.15) is 24.7 Å². The minimum Gasteiger partial charge on any atom is -0.338 e. The SMILES string of the molecule is CCCc1c(-c2cnc(Nc3ccc(C)nc3)c(Cl)c2)nc2ccc(F)cn12.Cl. The molecule has 0 aliphatic carbocycles. The van der Waals surface area contributed by atoms with Gasteiger partial charge in [-0.25, -0.2) is 14.4 Å². The number of nitrogens with one attached hydrogen (secondary N) is 1. The van der Waals surface area contributed by atoms with Gasteiger partial charge in [0.15, 0.2) is 0 Å². The van der Waals surface area contributed by atoms with Gasteiger partial charge in [0.25, 0.3) is 0 Å². The highest BCUT2D eigenvalue weighted by Crippen LogP contribution is 2.31. The first kappa shape index (κ1) is 21.0. The number of halogens is 3. The Balaban J connectivity index is 0.00000240. The molecule has 4 rings (SSSR count). The summed E-state index contributed by atoms with van der Waals surface area (Å²) in [6.45, 7) is 4.01. The Morgan fingerprint density at radius 1 is 1.14 bits per heavy atom. The summed E-state index contributed by atoms with van der Waals surface area (Å²) in [5.41, 5.74) is 4.95. The van der Waals surface area contributed by atoms with Gasteiger partial charge in [0.05, 0.1) is 28.3 Å². The minimum atomic E-state index is -0.295. The van der Waals surface area contributed by atoms with Crippen molar-refractivity contribution in [3.8, 4) is 11.3 Å². The van der Waals surface area contributed by atoms with Gasteiger partial charge < -0.3 is 9.72 Å². The van der Waals surface area contributed by atoms with E-state index in [1.165, 1.54) is 12.3 Å². The molecule has 0 saturated heterocycles. The number of rotatable bonds is 5. The van der Waals surface area contributed by atoms with Crippen LogP contribution in [0.25, 0.3) is 16.9 Å². The summed E-state index contributed by atoms with van der Waals surface area (Å²) in [5.74, 6) is 0.249. The van der Waals surface area contributed by atoms with Gasteiger partial charge in [-0.3, -0.25) is 4.98 Å². The first-order valence-corrected chi connectivity index (χ1v) is 9.45. The second kappa shape index (κ2) is 8.76. The summed E-state index contributed by atoms with van der Waals surface area (Å²) in [4.78, 5) is 13.4. The van der Waals surface area contributed by atoms with Gasteiger partial charge in [0.2, 0.25) is 0 Å². The fourth-order valence-corrected chi connectivity index (χ4v) is 3.33. The van der Waals surface area contributed by atoms with Gasteiger partial charge in [-0.15, -0.1) is 12.4 Å². The summed E-state index contributed by atoms with van der Waals surface area (Å²) in [6, 6.07) is 8.75. The molecule has 0 saturated carbocycles. The van der Waals surface area contributed by atoms with Crippen LogP contribution in [-0.2, 0) is 6.42 Å². The Hall–Kier alpha value is -2.70. The quantitative estimate of drug-likeness (QED) is 0.420. The number of fused-ring (bicyclic) bond motifs is 1. The molecule has 150 valence electrons. The fourth-order valence-electron chi connectivity index (χ4n) is 3.11. The Morgan fingerprint density at radius 2 is 1.97 bits per heavy atom. The zero-order valence-electron chi connectivity index (χ0n) is 16.0. The number of imidazole rings is 1. The number of anilines is 2. The third-order valence-electron chi connectivity index (χ3n) is 4.46. The maximum absolute atomic E-state index is 13.7. The Kier molecular flexibility index (Phi) is 6.35. The average Bonchev–Trinajstić information content (AvgIpc) is 3.03. The fraction of sp³-hybridized carbons (Fsp3) is 0.190. The lowest BCUT2D eigenvalue weighted by Crippen LogP contribution is -1.98. The van der Waals surface area contributed by atoms with Crippen molar-refractivity contribution in [2.24, 2.45) is 0 Å². The van der Waals surface area contributed by atoms with Crippen molar-refractivity contribution in [3.63, 3.8) is 0 Å². The number of aryl methyl sites for hydroxylation is 2. The van der Waals surface area contributed by atoms with Crippen molar-refractivity contribution in [2.75, 3.05) is 5.32 Å². The van der Waals surface area contributed by atoms with Gasteiger partial charge in [-0.05, 0) is 43.7 Å². The summed E-state index contributed by atoms with van der Waals surface area (Å²) in [5, 5.41) is 3.65. The molecule has 0 radical (unpaired) electrons. The van der Waals surface area contributed by atoms with Crippen molar-refractivity contribution in [3.05, 3.63) is 71.2 Å². The van der Waals surface area contributed by atoms with Gasteiger partial charge in [-0.2, -0.15) is 0 Å². The van der Waals surface area contributed by atoms with E-state index in [2.05, 4.69) is 27.2 Å². The molecule has 0 aromatic carbocycles. The van der Waals surface area contributed by atoms with Crippen molar-refractivity contribution >= 4 is 41.2 Å². The maximum atomic E-state index is 13.7. The summed E-state index contributed by atoms with van der Waals surface area (Å²) in [7, 11) is 0. The highest BCUT2D eigenvalue weighted by Gasteiger charge is 2.16. The average molecular weight is 432 g/mol. The molecule has 0 fully saturated rings. The van der Waals surface area contributed by atoms with E-state index in [1.54, 1.807) is 22.9 Å². The molecule has 4 aromatic heterocycles. The number of pyridine rings is 3. The van der Waals surface area contributed by atoms with Crippen molar-refractivity contribution < 1.29 is 4.39 Å². The standard InChI is InChI=1S/C21H19ClFN5.ClH/c1-3-4-18-20(27-19-8-6-15(23)12-28(18)19)14-9-17(22)21(25-10-14)26-16-7-5-13(2)24-11-16;/h5-12H,3-4H2,1-2H3,(H,25,26);1H. The topological polar surface area (TPSA) is 55.1 Å². The molecule has 0 unspecified atom stereocenters. The number of nitrogens with zero attached hydrogens (tertiary/aromatic N) is 4. The van der Waals surface area contributed by atoms with E-state index in [0.29, 0.717) is 16.5 Å². The van der Waals surface area contributed by atoms with Gasteiger partial charge in [0.1, 0.15) is 17.3 Å². The number of hydrogen-bond donors (Lipinski definition) is 1. The van der Waals surface area contributed by atoms with E-state index in [9.17, 15) is 4.39 Å². The third-order valence-corrected chi connectivity index (χ3v) is 4.75. The van der Waals surface area contributed by atoms with Gasteiger partial charge in [0, 0.05) is 23.7 Å². The molecule has 8 heteroatoms. The third kappa shape index (κ3) is 4.33. The first-order chi connectivity index (χ1) is 13.5. The summed E-state index contributed by atoms with van der Waals surface area (Å²) in [6.07, 6.45) is 6.61. The van der Waals surface area contributed by atoms with E-state index < -0.39 is 0 Å². The van der Waals surface area contributed by atoms with E-state index in [4.69, 9.17) is 11.6 Å². The van der Waals surface area contributed by atoms with Crippen molar-refractivity contribution in [1.82, 2.24) is 19.4 Å². The first-order valence-electron chi connectivity index (χ1n) is 9.07. The van der Waals surface area contributed by atoms with Crippen LogP contribution in [0.15, 0.2) is 48.9 Å². The number of aromatic nitrogens is 4. The largest absolute Gasteiger partial charge is 0.338 e. The normalized spacial score (nSPS) is 10.8. The van der Waals surface area contributed by atoms with Gasteiger partial charge >= 0.3 is 0 Å². The van der Waals surface area contributed by atoms with Crippen molar-refractivity contribution in [2.45, 2.75) is 26.7 Å². The molecule has 4 heterocycles. The molecular weight excluding hydrogens is 412 g/mol. The van der Waals surface area contributed by atoms with Crippen molar-refractivity contribution in [1.29, 1.82) is 0 Å². The summed E-state index contributed by atoms with van der Waals surface area (Å²) < 4.78 is 15.5. The maximum Gasteiger partial charge on any atom is 0.149 e. The highest BCUT2D eigenvalue weighted by molar-refractivity contribution is 6.33. The molecular formula is C21H20Cl2FN5. The molecule has 0 atom stereocenters. The lowest BCUT2D eigenvalue weighted by atomic mass is 10.1. The van der Waals surface area contributed by atoms with Crippen LogP contribution in [0.2, 0.25) is 5.02 Å². The molecule has 5 nitrogen and oxygen atoms in total. The molecule has 0 amide bonds. The minimum absolute atomic E-state index is 0. The lowest BCUT2D eigenvalue weighted by molar-refractivity contribution is 0.617. The molecule has 1 N–H and O–H groups in total. The van der Waals surface area contributed by atoms with Crippen LogP contribution >= 0.6 is 24.0 Å². The van der Waals surface area contributed by atoms with E-state index in [-0.39, 0.29) is 18.2 Å². The predicted molar refractivity (Wildman–Crippen MR) is 117 cm³/mol. The number of hydrogen-bond acceptors (Lipinski definition) is 4. The van der Waals surface area contributed by atoms with Gasteiger partial charge in [-0.1, -0.05) is 24.9 Å². The zero-order chi connectivity index (χ0) is 19.7. The summed E-state index contributed by atoms with van der Waals surface area (Å²) >= 11 is 6.47. The second-order valence-electron chi connectivity index (χ2n) is 6.60. The molecule has 4 aromatic rings. The monoisotopic (exact) mass is 431 g/mol. The smallest absolute Gasteiger partial charge is 0.149 e. The van der Waals surface area contributed by atoms with Crippen LogP contribution < -0.4 is 5.32 Å². The lowest BCUT2D eigenvalue weighted by Gasteiger charge is -2.09. The van der Waals surface area contributed by atoms with Crippen LogP contribution in [0.4, 0.5) is 15.9 Å². The van der Waals surface area contributed by atoms with Crippen LogP contribution in [0, 0.1) is 12.7 Å².